The van der Waals surface area contributed by atoms with Gasteiger partial charge in [0.2, 0.25) is 0 Å². The van der Waals surface area contributed by atoms with Crippen LogP contribution in [0.4, 0.5) is 0 Å². The number of carboxylic acids is 1. The highest BCUT2D eigenvalue weighted by molar-refractivity contribution is 7.08. The molecule has 0 bridgehead atoms. The minimum Gasteiger partial charge on any atom is -0.480 e. The second-order valence-corrected chi connectivity index (χ2v) is 3.94. The lowest BCUT2D eigenvalue weighted by Gasteiger charge is -2.13. The van der Waals surface area contributed by atoms with Crippen molar-refractivity contribution in [1.82, 2.24) is 5.32 Å². The molecule has 16 heavy (non-hydrogen) atoms. The summed E-state index contributed by atoms with van der Waals surface area (Å²) in [6.07, 6.45) is 0.252. The Kier molecular flexibility index (Phi) is 4.94. The zero-order valence-corrected chi connectivity index (χ0v) is 9.62. The molecule has 6 heteroatoms. The molecule has 0 aliphatic rings. The van der Waals surface area contributed by atoms with Crippen molar-refractivity contribution in [2.75, 3.05) is 13.7 Å². The fraction of sp³-hybridized carbons (Fsp3) is 0.400. The van der Waals surface area contributed by atoms with Gasteiger partial charge in [-0.25, -0.2) is 4.79 Å². The largest absolute Gasteiger partial charge is 0.480 e. The zero-order chi connectivity index (χ0) is 12.0. The average Bonchev–Trinajstić information content (AvgIpc) is 2.76. The second-order valence-electron chi connectivity index (χ2n) is 3.16. The van der Waals surface area contributed by atoms with Gasteiger partial charge in [0.05, 0.1) is 5.56 Å². The highest BCUT2D eigenvalue weighted by atomic mass is 32.1. The summed E-state index contributed by atoms with van der Waals surface area (Å²) in [7, 11) is 1.49. The van der Waals surface area contributed by atoms with E-state index in [1.54, 1.807) is 16.8 Å². The fourth-order valence-corrected chi connectivity index (χ4v) is 1.76. The van der Waals surface area contributed by atoms with Crippen molar-refractivity contribution in [3.05, 3.63) is 22.4 Å². The molecule has 0 spiro atoms. The summed E-state index contributed by atoms with van der Waals surface area (Å²) in [4.78, 5) is 22.4. The first kappa shape index (κ1) is 12.7. The Morgan fingerprint density at radius 1 is 1.62 bits per heavy atom. The number of ether oxygens (including phenoxy) is 1. The van der Waals surface area contributed by atoms with Gasteiger partial charge in [0, 0.05) is 25.5 Å². The second kappa shape index (κ2) is 6.24. The van der Waals surface area contributed by atoms with Crippen LogP contribution in [0, 0.1) is 0 Å². The molecule has 1 aromatic heterocycles. The molecule has 2 N–H and O–H groups in total. The van der Waals surface area contributed by atoms with E-state index in [-0.39, 0.29) is 12.3 Å². The van der Waals surface area contributed by atoms with Crippen molar-refractivity contribution >= 4 is 23.2 Å². The Morgan fingerprint density at radius 2 is 2.38 bits per heavy atom. The summed E-state index contributed by atoms with van der Waals surface area (Å²) in [5.74, 6) is -1.43. The highest BCUT2D eigenvalue weighted by Gasteiger charge is 2.20. The molecule has 1 atom stereocenters. The first-order valence-corrected chi connectivity index (χ1v) is 5.64. The topological polar surface area (TPSA) is 75.6 Å². The Labute approximate surface area is 97.0 Å². The molecule has 0 aromatic carbocycles. The van der Waals surface area contributed by atoms with E-state index in [1.807, 2.05) is 0 Å². The lowest BCUT2D eigenvalue weighted by Crippen LogP contribution is -2.41. The number of methoxy groups -OCH3 is 1. The molecule has 1 aromatic rings. The smallest absolute Gasteiger partial charge is 0.326 e. The maximum absolute atomic E-state index is 11.6. The molecular weight excluding hydrogens is 230 g/mol. The van der Waals surface area contributed by atoms with Crippen LogP contribution >= 0.6 is 11.3 Å². The molecule has 1 amide bonds. The SMILES string of the molecule is COCCC(NC(=O)c1ccsc1)C(=O)O. The van der Waals surface area contributed by atoms with Crippen LogP contribution in [0.5, 0.6) is 0 Å². The van der Waals surface area contributed by atoms with E-state index in [1.165, 1.54) is 18.4 Å². The van der Waals surface area contributed by atoms with Gasteiger partial charge in [-0.05, 0) is 11.4 Å². The van der Waals surface area contributed by atoms with Gasteiger partial charge < -0.3 is 15.2 Å². The molecule has 0 aliphatic heterocycles. The molecule has 1 heterocycles. The number of hydrogen-bond acceptors (Lipinski definition) is 4. The molecule has 88 valence electrons. The van der Waals surface area contributed by atoms with Gasteiger partial charge in [0.15, 0.2) is 0 Å². The van der Waals surface area contributed by atoms with E-state index in [4.69, 9.17) is 9.84 Å². The van der Waals surface area contributed by atoms with Crippen LogP contribution in [0.1, 0.15) is 16.8 Å². The van der Waals surface area contributed by atoms with Crippen LogP contribution in [-0.4, -0.2) is 36.7 Å². The van der Waals surface area contributed by atoms with Crippen LogP contribution in [-0.2, 0) is 9.53 Å². The third kappa shape index (κ3) is 3.63. The predicted octanol–water partition coefficient (Wildman–Crippen LogP) is 0.968. The van der Waals surface area contributed by atoms with E-state index in [9.17, 15) is 9.59 Å². The summed E-state index contributed by atoms with van der Waals surface area (Å²) in [5.41, 5.74) is 0.480. The average molecular weight is 243 g/mol. The highest BCUT2D eigenvalue weighted by Crippen LogP contribution is 2.06. The fourth-order valence-electron chi connectivity index (χ4n) is 1.13. The summed E-state index contributed by atoms with van der Waals surface area (Å²) < 4.78 is 4.78. The van der Waals surface area contributed by atoms with E-state index in [0.717, 1.165) is 0 Å². The zero-order valence-electron chi connectivity index (χ0n) is 8.80. The molecule has 0 fully saturated rings. The molecule has 0 saturated heterocycles. The summed E-state index contributed by atoms with van der Waals surface area (Å²) in [6.45, 7) is 0.293. The summed E-state index contributed by atoms with van der Waals surface area (Å²) >= 11 is 1.39. The maximum Gasteiger partial charge on any atom is 0.326 e. The number of rotatable bonds is 6. The molecule has 0 aliphatic carbocycles. The Morgan fingerprint density at radius 3 is 2.88 bits per heavy atom. The van der Waals surface area contributed by atoms with Crippen LogP contribution in [0.3, 0.4) is 0 Å². The standard InChI is InChI=1S/C10H13NO4S/c1-15-4-2-8(10(13)14)11-9(12)7-3-5-16-6-7/h3,5-6,8H,2,4H2,1H3,(H,11,12)(H,13,14). The van der Waals surface area contributed by atoms with Crippen LogP contribution < -0.4 is 5.32 Å². The predicted molar refractivity (Wildman–Crippen MR) is 59.7 cm³/mol. The number of carbonyl (C=O) groups excluding carboxylic acids is 1. The quantitative estimate of drug-likeness (QED) is 0.780. The van der Waals surface area contributed by atoms with Gasteiger partial charge in [-0.15, -0.1) is 0 Å². The molecule has 1 unspecified atom stereocenters. The number of carbonyl (C=O) groups is 2. The molecule has 5 nitrogen and oxygen atoms in total. The van der Waals surface area contributed by atoms with Gasteiger partial charge in [0.1, 0.15) is 6.04 Å². The first-order chi connectivity index (χ1) is 7.65. The molecule has 0 radical (unpaired) electrons. The van der Waals surface area contributed by atoms with Gasteiger partial charge in [0.25, 0.3) is 5.91 Å². The number of nitrogens with one attached hydrogen (secondary N) is 1. The third-order valence-corrected chi connectivity index (χ3v) is 2.68. The lowest BCUT2D eigenvalue weighted by molar-refractivity contribution is -0.139. The van der Waals surface area contributed by atoms with Crippen molar-refractivity contribution in [3.63, 3.8) is 0 Å². The van der Waals surface area contributed by atoms with Gasteiger partial charge >= 0.3 is 5.97 Å². The number of amides is 1. The van der Waals surface area contributed by atoms with E-state index >= 15 is 0 Å². The van der Waals surface area contributed by atoms with Gasteiger partial charge in [-0.2, -0.15) is 11.3 Å². The van der Waals surface area contributed by atoms with E-state index < -0.39 is 12.0 Å². The normalized spacial score (nSPS) is 12.1. The summed E-state index contributed by atoms with van der Waals surface area (Å²) in [6, 6.07) is 0.738. The number of hydrogen-bond donors (Lipinski definition) is 2. The number of aliphatic carboxylic acids is 1. The third-order valence-electron chi connectivity index (χ3n) is 2.00. The van der Waals surface area contributed by atoms with Crippen LogP contribution in [0.2, 0.25) is 0 Å². The Bertz CT molecular complexity index is 350. The minimum absolute atomic E-state index is 0.252. The Hall–Kier alpha value is -1.40. The van der Waals surface area contributed by atoms with Crippen molar-refractivity contribution in [2.24, 2.45) is 0 Å². The van der Waals surface area contributed by atoms with E-state index in [0.29, 0.717) is 12.2 Å². The number of carboxylic acid groups (broad SMARTS) is 1. The van der Waals surface area contributed by atoms with Crippen molar-refractivity contribution in [2.45, 2.75) is 12.5 Å². The molecule has 0 saturated carbocycles. The summed E-state index contributed by atoms with van der Waals surface area (Å²) in [5, 5.41) is 14.8. The van der Waals surface area contributed by atoms with Crippen LogP contribution in [0.25, 0.3) is 0 Å². The molecule has 1 rings (SSSR count). The lowest BCUT2D eigenvalue weighted by atomic mass is 10.2. The maximum atomic E-state index is 11.6. The van der Waals surface area contributed by atoms with E-state index in [2.05, 4.69) is 5.32 Å². The van der Waals surface area contributed by atoms with Crippen molar-refractivity contribution in [1.29, 1.82) is 0 Å². The van der Waals surface area contributed by atoms with Gasteiger partial charge in [-0.1, -0.05) is 0 Å². The van der Waals surface area contributed by atoms with Crippen molar-refractivity contribution < 1.29 is 19.4 Å². The number of thiophene rings is 1. The van der Waals surface area contributed by atoms with Crippen LogP contribution in [0.15, 0.2) is 16.8 Å². The van der Waals surface area contributed by atoms with Gasteiger partial charge in [-0.3, -0.25) is 4.79 Å². The molecular formula is C10H13NO4S. The minimum atomic E-state index is -1.05. The van der Waals surface area contributed by atoms with Crippen molar-refractivity contribution in [3.8, 4) is 0 Å². The Balaban J connectivity index is 2.54. The monoisotopic (exact) mass is 243 g/mol. The first-order valence-electron chi connectivity index (χ1n) is 4.70.